The van der Waals surface area contributed by atoms with Gasteiger partial charge in [-0.1, -0.05) is 37.3 Å². The van der Waals surface area contributed by atoms with Crippen LogP contribution >= 0.6 is 0 Å². The van der Waals surface area contributed by atoms with Crippen LogP contribution in [-0.2, 0) is 4.79 Å². The molecular weight excluding hydrogens is 248 g/mol. The number of benzene rings is 1. The molecule has 0 aliphatic carbocycles. The van der Waals surface area contributed by atoms with E-state index in [-0.39, 0.29) is 11.9 Å². The molecule has 3 nitrogen and oxygen atoms in total. The number of piperidine rings is 1. The Morgan fingerprint density at radius 1 is 1.35 bits per heavy atom. The highest BCUT2D eigenvalue weighted by molar-refractivity contribution is 5.76. The molecule has 1 aromatic carbocycles. The molecule has 1 aromatic rings. The van der Waals surface area contributed by atoms with E-state index in [4.69, 9.17) is 5.73 Å². The van der Waals surface area contributed by atoms with Crippen molar-refractivity contribution < 1.29 is 4.79 Å². The SMILES string of the molecule is CC[C@H]1CCCCN1C(=O)CC[C@H](N)c1ccccc1. The van der Waals surface area contributed by atoms with Gasteiger partial charge in [0.1, 0.15) is 0 Å². The summed E-state index contributed by atoms with van der Waals surface area (Å²) in [4.78, 5) is 14.5. The minimum Gasteiger partial charge on any atom is -0.340 e. The van der Waals surface area contributed by atoms with E-state index in [2.05, 4.69) is 11.8 Å². The summed E-state index contributed by atoms with van der Waals surface area (Å²) in [5.74, 6) is 0.280. The van der Waals surface area contributed by atoms with Crippen LogP contribution in [0.2, 0.25) is 0 Å². The van der Waals surface area contributed by atoms with Gasteiger partial charge in [0.25, 0.3) is 0 Å². The molecule has 2 atom stereocenters. The first-order valence-corrected chi connectivity index (χ1v) is 7.82. The number of hydrogen-bond donors (Lipinski definition) is 1. The second kappa shape index (κ2) is 7.44. The maximum absolute atomic E-state index is 12.4. The predicted octanol–water partition coefficient (Wildman–Crippen LogP) is 3.26. The number of amides is 1. The lowest BCUT2D eigenvalue weighted by Crippen LogP contribution is -2.43. The smallest absolute Gasteiger partial charge is 0.222 e. The number of hydrogen-bond acceptors (Lipinski definition) is 2. The Morgan fingerprint density at radius 3 is 2.80 bits per heavy atom. The summed E-state index contributed by atoms with van der Waals surface area (Å²) in [6, 6.07) is 10.5. The number of likely N-dealkylation sites (tertiary alicyclic amines) is 1. The largest absolute Gasteiger partial charge is 0.340 e. The molecule has 1 aliphatic heterocycles. The molecule has 0 radical (unpaired) electrons. The van der Waals surface area contributed by atoms with Gasteiger partial charge in [-0.2, -0.15) is 0 Å². The van der Waals surface area contributed by atoms with Crippen molar-refractivity contribution in [3.8, 4) is 0 Å². The molecule has 1 heterocycles. The number of carbonyl (C=O) groups excluding carboxylic acids is 1. The fraction of sp³-hybridized carbons (Fsp3) is 0.588. The summed E-state index contributed by atoms with van der Waals surface area (Å²) in [5.41, 5.74) is 7.29. The van der Waals surface area contributed by atoms with Gasteiger partial charge in [-0.3, -0.25) is 4.79 Å². The molecule has 0 unspecified atom stereocenters. The van der Waals surface area contributed by atoms with Crippen LogP contribution in [0, 0.1) is 0 Å². The predicted molar refractivity (Wildman–Crippen MR) is 82.2 cm³/mol. The van der Waals surface area contributed by atoms with Gasteiger partial charge < -0.3 is 10.6 Å². The molecule has 1 aliphatic rings. The molecule has 1 amide bonds. The molecule has 1 saturated heterocycles. The Hall–Kier alpha value is -1.35. The lowest BCUT2D eigenvalue weighted by atomic mass is 9.98. The third-order valence-electron chi connectivity index (χ3n) is 4.32. The molecule has 0 spiro atoms. The first-order chi connectivity index (χ1) is 9.72. The number of carbonyl (C=O) groups is 1. The zero-order chi connectivity index (χ0) is 14.4. The molecule has 1 fully saturated rings. The molecule has 3 heteroatoms. The Bertz CT molecular complexity index is 418. The summed E-state index contributed by atoms with van der Waals surface area (Å²) in [6.45, 7) is 3.10. The standard InChI is InChI=1S/C17H26N2O/c1-2-15-10-6-7-13-19(15)17(20)12-11-16(18)14-8-4-3-5-9-14/h3-5,8-9,15-16H,2,6-7,10-13,18H2,1H3/t15-,16-/m0/s1. The van der Waals surface area contributed by atoms with Crippen LogP contribution < -0.4 is 5.73 Å². The van der Waals surface area contributed by atoms with E-state index in [1.165, 1.54) is 6.42 Å². The Labute approximate surface area is 122 Å². The highest BCUT2D eigenvalue weighted by atomic mass is 16.2. The van der Waals surface area contributed by atoms with Crippen molar-refractivity contribution in [1.82, 2.24) is 4.90 Å². The van der Waals surface area contributed by atoms with E-state index in [1.807, 2.05) is 30.3 Å². The van der Waals surface area contributed by atoms with Gasteiger partial charge in [-0.05, 0) is 37.7 Å². The molecule has 0 aromatic heterocycles. The van der Waals surface area contributed by atoms with Gasteiger partial charge in [0.15, 0.2) is 0 Å². The minimum absolute atomic E-state index is 0.0370. The average molecular weight is 274 g/mol. The third-order valence-corrected chi connectivity index (χ3v) is 4.32. The van der Waals surface area contributed by atoms with E-state index in [0.29, 0.717) is 12.5 Å². The summed E-state index contributed by atoms with van der Waals surface area (Å²) in [7, 11) is 0. The zero-order valence-corrected chi connectivity index (χ0v) is 12.4. The van der Waals surface area contributed by atoms with Crippen LogP contribution in [0.3, 0.4) is 0 Å². The highest BCUT2D eigenvalue weighted by Gasteiger charge is 2.25. The van der Waals surface area contributed by atoms with E-state index >= 15 is 0 Å². The van der Waals surface area contributed by atoms with Crippen LogP contribution in [-0.4, -0.2) is 23.4 Å². The van der Waals surface area contributed by atoms with Crippen molar-refractivity contribution in [3.05, 3.63) is 35.9 Å². The minimum atomic E-state index is -0.0370. The van der Waals surface area contributed by atoms with Crippen LogP contribution in [0.1, 0.15) is 57.1 Å². The Balaban J connectivity index is 1.85. The van der Waals surface area contributed by atoms with Crippen molar-refractivity contribution in [3.63, 3.8) is 0 Å². The van der Waals surface area contributed by atoms with E-state index in [9.17, 15) is 4.79 Å². The number of rotatable bonds is 5. The maximum Gasteiger partial charge on any atom is 0.222 e. The Kier molecular flexibility index (Phi) is 5.60. The van der Waals surface area contributed by atoms with Gasteiger partial charge in [0.2, 0.25) is 5.91 Å². The monoisotopic (exact) mass is 274 g/mol. The zero-order valence-electron chi connectivity index (χ0n) is 12.4. The Morgan fingerprint density at radius 2 is 2.10 bits per heavy atom. The van der Waals surface area contributed by atoms with Gasteiger partial charge in [0, 0.05) is 25.0 Å². The molecule has 0 bridgehead atoms. The third kappa shape index (κ3) is 3.83. The van der Waals surface area contributed by atoms with Gasteiger partial charge in [0.05, 0.1) is 0 Å². The molecule has 0 saturated carbocycles. The normalized spacial score (nSPS) is 20.7. The first kappa shape index (κ1) is 15.0. The van der Waals surface area contributed by atoms with Crippen molar-refractivity contribution in [2.24, 2.45) is 5.73 Å². The fourth-order valence-electron chi connectivity index (χ4n) is 3.04. The highest BCUT2D eigenvalue weighted by Crippen LogP contribution is 2.22. The quantitative estimate of drug-likeness (QED) is 0.896. The van der Waals surface area contributed by atoms with E-state index in [1.54, 1.807) is 0 Å². The molecule has 110 valence electrons. The first-order valence-electron chi connectivity index (χ1n) is 7.82. The molecule has 2 N–H and O–H groups in total. The lowest BCUT2D eigenvalue weighted by molar-refractivity contribution is -0.135. The van der Waals surface area contributed by atoms with Crippen LogP contribution in [0.4, 0.5) is 0 Å². The second-order valence-electron chi connectivity index (χ2n) is 5.70. The summed E-state index contributed by atoms with van der Waals surface area (Å²) < 4.78 is 0. The second-order valence-corrected chi connectivity index (χ2v) is 5.70. The number of nitrogens with zero attached hydrogens (tertiary/aromatic N) is 1. The topological polar surface area (TPSA) is 46.3 Å². The van der Waals surface area contributed by atoms with Gasteiger partial charge >= 0.3 is 0 Å². The van der Waals surface area contributed by atoms with Crippen LogP contribution in [0.5, 0.6) is 0 Å². The van der Waals surface area contributed by atoms with Crippen molar-refractivity contribution in [2.75, 3.05) is 6.54 Å². The van der Waals surface area contributed by atoms with Crippen LogP contribution in [0.15, 0.2) is 30.3 Å². The summed E-state index contributed by atoms with van der Waals surface area (Å²) in [6.07, 6.45) is 5.92. The molecular formula is C17H26N2O. The lowest BCUT2D eigenvalue weighted by Gasteiger charge is -2.35. The summed E-state index contributed by atoms with van der Waals surface area (Å²) in [5, 5.41) is 0. The van der Waals surface area contributed by atoms with Crippen molar-refractivity contribution >= 4 is 5.91 Å². The summed E-state index contributed by atoms with van der Waals surface area (Å²) >= 11 is 0. The fourth-order valence-corrected chi connectivity index (χ4v) is 3.04. The van der Waals surface area contributed by atoms with Crippen molar-refractivity contribution in [2.45, 2.75) is 57.5 Å². The van der Waals surface area contributed by atoms with Gasteiger partial charge in [-0.25, -0.2) is 0 Å². The molecule has 2 rings (SSSR count). The van der Waals surface area contributed by atoms with Crippen LogP contribution in [0.25, 0.3) is 0 Å². The van der Waals surface area contributed by atoms with Crippen molar-refractivity contribution in [1.29, 1.82) is 0 Å². The average Bonchev–Trinajstić information content (AvgIpc) is 2.53. The van der Waals surface area contributed by atoms with E-state index < -0.39 is 0 Å². The van der Waals surface area contributed by atoms with E-state index in [0.717, 1.165) is 37.8 Å². The maximum atomic E-state index is 12.4. The molecule has 20 heavy (non-hydrogen) atoms. The number of nitrogens with two attached hydrogens (primary N) is 1. The van der Waals surface area contributed by atoms with Gasteiger partial charge in [-0.15, -0.1) is 0 Å².